The van der Waals surface area contributed by atoms with Gasteiger partial charge in [-0.3, -0.25) is 4.79 Å². The Labute approximate surface area is 121 Å². The maximum atomic E-state index is 13.6. The number of hydrogen-bond acceptors (Lipinski definition) is 5. The third-order valence-electron chi connectivity index (χ3n) is 2.62. The molecule has 1 aromatic carbocycles. The lowest BCUT2D eigenvalue weighted by Gasteiger charge is -2.11. The van der Waals surface area contributed by atoms with E-state index in [0.717, 1.165) is 18.4 Å². The normalized spacial score (nSPS) is 13.9. The van der Waals surface area contributed by atoms with Crippen molar-refractivity contribution < 1.29 is 31.1 Å². The Hall–Kier alpha value is -1.52. The summed E-state index contributed by atoms with van der Waals surface area (Å²) < 4.78 is 62.1. The molecule has 0 bridgehead atoms. The molecule has 0 fully saturated rings. The first-order valence-corrected chi connectivity index (χ1v) is 9.04. The lowest BCUT2D eigenvalue weighted by Crippen LogP contribution is -2.32. The number of sulfone groups is 1. The maximum Gasteiger partial charge on any atom is 0.307 e. The van der Waals surface area contributed by atoms with Crippen molar-refractivity contribution >= 4 is 25.8 Å². The molecular formula is C11H14FNO6S2. The number of halogens is 1. The lowest BCUT2D eigenvalue weighted by atomic mass is 10.2. The van der Waals surface area contributed by atoms with Gasteiger partial charge < -0.3 is 5.11 Å². The number of carboxylic acid groups (broad SMARTS) is 1. The molecule has 1 aromatic rings. The highest BCUT2D eigenvalue weighted by atomic mass is 32.2. The van der Waals surface area contributed by atoms with Gasteiger partial charge in [-0.25, -0.2) is 25.9 Å². The van der Waals surface area contributed by atoms with E-state index in [-0.39, 0.29) is 4.90 Å². The van der Waals surface area contributed by atoms with Crippen LogP contribution < -0.4 is 4.72 Å². The quantitative estimate of drug-likeness (QED) is 0.716. The topological polar surface area (TPSA) is 118 Å². The second-order valence-corrected chi connectivity index (χ2v) is 8.21. The zero-order valence-corrected chi connectivity index (χ0v) is 12.8. The summed E-state index contributed by atoms with van der Waals surface area (Å²) in [4.78, 5) is 9.42. The average Bonchev–Trinajstić information content (AvgIpc) is 2.34. The van der Waals surface area contributed by atoms with E-state index in [4.69, 9.17) is 5.11 Å². The largest absolute Gasteiger partial charge is 0.481 e. The molecule has 0 spiro atoms. The molecule has 1 rings (SSSR count). The number of carbonyl (C=O) groups is 1. The van der Waals surface area contributed by atoms with Gasteiger partial charge in [0.25, 0.3) is 0 Å². The van der Waals surface area contributed by atoms with Crippen LogP contribution in [0.5, 0.6) is 0 Å². The summed E-state index contributed by atoms with van der Waals surface area (Å²) >= 11 is 0. The van der Waals surface area contributed by atoms with Gasteiger partial charge in [0.05, 0.1) is 10.8 Å². The SMILES string of the molecule is CC(CNS(=O)(=O)c1cc(S(C)(=O)=O)ccc1F)C(=O)O. The fourth-order valence-corrected chi connectivity index (χ4v) is 3.27. The summed E-state index contributed by atoms with van der Waals surface area (Å²) in [6.45, 7) is 0.828. The van der Waals surface area contributed by atoms with E-state index in [1.165, 1.54) is 6.92 Å². The first kappa shape index (κ1) is 17.5. The molecule has 21 heavy (non-hydrogen) atoms. The predicted octanol–water partition coefficient (Wildman–Crippen LogP) is 0.228. The summed E-state index contributed by atoms with van der Waals surface area (Å²) in [5, 5.41) is 8.67. The fourth-order valence-electron chi connectivity index (χ4n) is 1.32. The predicted molar refractivity (Wildman–Crippen MR) is 71.5 cm³/mol. The molecule has 0 saturated heterocycles. The Bertz CT molecular complexity index is 757. The summed E-state index contributed by atoms with van der Waals surface area (Å²) in [6, 6.07) is 2.37. The average molecular weight is 339 g/mol. The molecule has 0 radical (unpaired) electrons. The van der Waals surface area contributed by atoms with Gasteiger partial charge in [-0.1, -0.05) is 6.92 Å². The van der Waals surface area contributed by atoms with Gasteiger partial charge in [0.15, 0.2) is 9.84 Å². The molecule has 0 aliphatic heterocycles. The Morgan fingerprint density at radius 1 is 1.33 bits per heavy atom. The first-order chi connectivity index (χ1) is 9.45. The van der Waals surface area contributed by atoms with Gasteiger partial charge in [-0.2, -0.15) is 0 Å². The molecule has 10 heteroatoms. The summed E-state index contributed by atoms with van der Waals surface area (Å²) in [5.74, 6) is -3.36. The van der Waals surface area contributed by atoms with Crippen molar-refractivity contribution in [3.05, 3.63) is 24.0 Å². The standard InChI is InChI=1S/C11H14FNO6S2/c1-7(11(14)15)6-13-21(18,19)10-5-8(20(2,16)17)3-4-9(10)12/h3-5,7,13H,6H2,1-2H3,(H,14,15). The van der Waals surface area contributed by atoms with Crippen molar-refractivity contribution in [2.24, 2.45) is 5.92 Å². The number of benzene rings is 1. The van der Waals surface area contributed by atoms with E-state index >= 15 is 0 Å². The van der Waals surface area contributed by atoms with Crippen molar-refractivity contribution in [2.45, 2.75) is 16.7 Å². The molecule has 1 unspecified atom stereocenters. The number of nitrogens with one attached hydrogen (secondary N) is 1. The van der Waals surface area contributed by atoms with Crippen molar-refractivity contribution in [2.75, 3.05) is 12.8 Å². The third-order valence-corrected chi connectivity index (χ3v) is 5.17. The van der Waals surface area contributed by atoms with Crippen LogP contribution in [0.3, 0.4) is 0 Å². The minimum Gasteiger partial charge on any atom is -0.481 e. The van der Waals surface area contributed by atoms with Crippen molar-refractivity contribution in [1.29, 1.82) is 0 Å². The van der Waals surface area contributed by atoms with Gasteiger partial charge in [-0.15, -0.1) is 0 Å². The highest BCUT2D eigenvalue weighted by Gasteiger charge is 2.23. The molecule has 0 saturated carbocycles. The summed E-state index contributed by atoms with van der Waals surface area (Å²) in [6.07, 6.45) is 0.858. The number of hydrogen-bond donors (Lipinski definition) is 2. The van der Waals surface area contributed by atoms with E-state index < -0.39 is 49.0 Å². The molecule has 0 aliphatic carbocycles. The third kappa shape index (κ3) is 4.48. The zero-order valence-electron chi connectivity index (χ0n) is 11.2. The number of rotatable bonds is 6. The Kier molecular flexibility index (Phi) is 5.07. The second kappa shape index (κ2) is 6.08. The van der Waals surface area contributed by atoms with Crippen LogP contribution in [0.2, 0.25) is 0 Å². The van der Waals surface area contributed by atoms with Crippen LogP contribution in [0.15, 0.2) is 28.0 Å². The zero-order chi connectivity index (χ0) is 16.4. The van der Waals surface area contributed by atoms with Gasteiger partial charge in [0.2, 0.25) is 10.0 Å². The summed E-state index contributed by atoms with van der Waals surface area (Å²) in [7, 11) is -8.06. The summed E-state index contributed by atoms with van der Waals surface area (Å²) in [5.41, 5.74) is 0. The molecule has 118 valence electrons. The molecule has 0 aromatic heterocycles. The Balaban J connectivity index is 3.17. The Morgan fingerprint density at radius 2 is 1.90 bits per heavy atom. The van der Waals surface area contributed by atoms with Gasteiger partial charge in [-0.05, 0) is 18.2 Å². The molecule has 7 nitrogen and oxygen atoms in total. The van der Waals surface area contributed by atoms with E-state index in [2.05, 4.69) is 0 Å². The molecule has 0 heterocycles. The van der Waals surface area contributed by atoms with Gasteiger partial charge in [0, 0.05) is 12.8 Å². The van der Waals surface area contributed by atoms with Crippen LogP contribution >= 0.6 is 0 Å². The molecule has 0 aliphatic rings. The van der Waals surface area contributed by atoms with Crippen LogP contribution in [0.25, 0.3) is 0 Å². The number of aliphatic carboxylic acids is 1. The lowest BCUT2D eigenvalue weighted by molar-refractivity contribution is -0.140. The van der Waals surface area contributed by atoms with Crippen LogP contribution in [-0.4, -0.2) is 40.7 Å². The minimum atomic E-state index is -4.36. The Morgan fingerprint density at radius 3 is 2.38 bits per heavy atom. The van der Waals surface area contributed by atoms with Gasteiger partial charge >= 0.3 is 5.97 Å². The molecular weight excluding hydrogens is 325 g/mol. The van der Waals surface area contributed by atoms with E-state index in [1.807, 2.05) is 4.72 Å². The molecule has 1 atom stereocenters. The molecule has 2 N–H and O–H groups in total. The van der Waals surface area contributed by atoms with Crippen LogP contribution in [0.1, 0.15) is 6.92 Å². The monoisotopic (exact) mass is 339 g/mol. The first-order valence-electron chi connectivity index (χ1n) is 5.67. The highest BCUT2D eigenvalue weighted by molar-refractivity contribution is 7.91. The fraction of sp³-hybridized carbons (Fsp3) is 0.364. The van der Waals surface area contributed by atoms with Crippen LogP contribution in [0, 0.1) is 11.7 Å². The van der Waals surface area contributed by atoms with Crippen LogP contribution in [0.4, 0.5) is 4.39 Å². The van der Waals surface area contributed by atoms with Crippen molar-refractivity contribution in [3.63, 3.8) is 0 Å². The minimum absolute atomic E-state index is 0.351. The maximum absolute atomic E-state index is 13.6. The second-order valence-electron chi connectivity index (χ2n) is 4.46. The van der Waals surface area contributed by atoms with E-state index in [9.17, 15) is 26.0 Å². The number of carboxylic acids is 1. The van der Waals surface area contributed by atoms with Crippen molar-refractivity contribution in [1.82, 2.24) is 4.72 Å². The van der Waals surface area contributed by atoms with Crippen LogP contribution in [-0.2, 0) is 24.7 Å². The highest BCUT2D eigenvalue weighted by Crippen LogP contribution is 2.19. The van der Waals surface area contributed by atoms with Crippen molar-refractivity contribution in [3.8, 4) is 0 Å². The van der Waals surface area contributed by atoms with E-state index in [1.54, 1.807) is 0 Å². The molecule has 0 amide bonds. The van der Waals surface area contributed by atoms with Gasteiger partial charge in [0.1, 0.15) is 10.7 Å². The smallest absolute Gasteiger partial charge is 0.307 e. The number of sulfonamides is 1. The van der Waals surface area contributed by atoms with E-state index in [0.29, 0.717) is 6.07 Å².